The first-order chi connectivity index (χ1) is 12.3. The van der Waals surface area contributed by atoms with Crippen molar-refractivity contribution in [2.75, 3.05) is 29.4 Å². The molecule has 0 aromatic heterocycles. The fourth-order valence-electron chi connectivity index (χ4n) is 3.06. The third-order valence-corrected chi connectivity index (χ3v) is 5.63. The van der Waals surface area contributed by atoms with Gasteiger partial charge < -0.3 is 9.64 Å². The van der Waals surface area contributed by atoms with E-state index in [1.807, 2.05) is 12.1 Å². The minimum absolute atomic E-state index is 0.109. The van der Waals surface area contributed by atoms with E-state index in [9.17, 15) is 12.8 Å². The van der Waals surface area contributed by atoms with E-state index < -0.39 is 10.0 Å². The molecule has 0 aliphatic carbocycles. The summed E-state index contributed by atoms with van der Waals surface area (Å²) in [6, 6.07) is 12.8. The average molecular weight is 378 g/mol. The van der Waals surface area contributed by atoms with E-state index in [-0.39, 0.29) is 17.1 Å². The molecule has 5 nitrogen and oxygen atoms in total. The lowest BCUT2D eigenvalue weighted by Crippen LogP contribution is -2.53. The Morgan fingerprint density at radius 1 is 1.12 bits per heavy atom. The van der Waals surface area contributed by atoms with Crippen molar-refractivity contribution >= 4 is 21.4 Å². The van der Waals surface area contributed by atoms with E-state index in [1.165, 1.54) is 24.3 Å². The minimum atomic E-state index is -3.57. The fourth-order valence-corrected chi connectivity index (χ4v) is 4.26. The second kappa shape index (κ2) is 7.25. The van der Waals surface area contributed by atoms with Gasteiger partial charge >= 0.3 is 0 Å². The Labute approximate surface area is 153 Å². The van der Waals surface area contributed by atoms with Crippen LogP contribution in [0.2, 0.25) is 0 Å². The van der Waals surface area contributed by atoms with Crippen molar-refractivity contribution in [3.05, 3.63) is 59.9 Å². The first-order valence-corrected chi connectivity index (χ1v) is 10.1. The molecule has 0 saturated carbocycles. The molecule has 1 N–H and O–H groups in total. The van der Waals surface area contributed by atoms with Crippen LogP contribution in [-0.4, -0.2) is 33.7 Å². The first-order valence-electron chi connectivity index (χ1n) is 8.46. The molecule has 1 heterocycles. The number of ether oxygens (including phenoxy) is 1. The van der Waals surface area contributed by atoms with Crippen LogP contribution in [-0.2, 0) is 20.5 Å². The van der Waals surface area contributed by atoms with Gasteiger partial charge in [-0.05, 0) is 55.8 Å². The van der Waals surface area contributed by atoms with Crippen molar-refractivity contribution in [3.63, 3.8) is 0 Å². The molecule has 7 heteroatoms. The molecule has 0 atom stereocenters. The Morgan fingerprint density at radius 2 is 1.77 bits per heavy atom. The number of benzene rings is 2. The van der Waals surface area contributed by atoms with Crippen LogP contribution in [0.15, 0.2) is 48.5 Å². The molecule has 2 aromatic carbocycles. The van der Waals surface area contributed by atoms with Crippen molar-refractivity contribution in [2.45, 2.75) is 25.1 Å². The third kappa shape index (κ3) is 4.53. The molecule has 0 spiro atoms. The molecular weight excluding hydrogens is 355 g/mol. The van der Waals surface area contributed by atoms with Crippen LogP contribution in [0.5, 0.6) is 0 Å². The normalized spacial score (nSPS) is 17.1. The smallest absolute Gasteiger partial charge is 0.236 e. The van der Waals surface area contributed by atoms with Gasteiger partial charge in [0, 0.05) is 17.9 Å². The monoisotopic (exact) mass is 378 g/mol. The number of nitrogens with one attached hydrogen (secondary N) is 1. The van der Waals surface area contributed by atoms with Crippen LogP contribution in [0.1, 0.15) is 19.4 Å². The minimum Gasteiger partial charge on any atom is -0.377 e. The predicted molar refractivity (Wildman–Crippen MR) is 101 cm³/mol. The largest absolute Gasteiger partial charge is 0.377 e. The number of hydrogen-bond donors (Lipinski definition) is 1. The van der Waals surface area contributed by atoms with Gasteiger partial charge in [-0.2, -0.15) is 0 Å². The number of nitrogens with zero attached hydrogens (tertiary/aromatic N) is 1. The molecule has 1 aliphatic heterocycles. The molecule has 2 aromatic rings. The maximum Gasteiger partial charge on any atom is 0.236 e. The molecule has 26 heavy (non-hydrogen) atoms. The number of anilines is 2. The Kier molecular flexibility index (Phi) is 5.20. The average Bonchev–Trinajstić information content (AvgIpc) is 2.57. The Hall–Kier alpha value is -2.12. The quantitative estimate of drug-likeness (QED) is 0.867. The second-order valence-corrected chi connectivity index (χ2v) is 8.77. The summed E-state index contributed by atoms with van der Waals surface area (Å²) in [6.45, 7) is 6.36. The number of sulfonamides is 1. The molecule has 0 bridgehead atoms. The fraction of sp³-hybridized carbons (Fsp3) is 0.368. The Balaban J connectivity index is 1.69. The molecule has 3 rings (SSSR count). The highest BCUT2D eigenvalue weighted by molar-refractivity contribution is 7.91. The van der Waals surface area contributed by atoms with Gasteiger partial charge in [0.25, 0.3) is 0 Å². The molecule has 0 radical (unpaired) electrons. The van der Waals surface area contributed by atoms with Crippen LogP contribution in [0.4, 0.5) is 15.8 Å². The van der Waals surface area contributed by atoms with Gasteiger partial charge in [0.1, 0.15) is 5.82 Å². The molecule has 0 amide bonds. The summed E-state index contributed by atoms with van der Waals surface area (Å²) >= 11 is 0. The van der Waals surface area contributed by atoms with Crippen LogP contribution < -0.4 is 9.62 Å². The van der Waals surface area contributed by atoms with Gasteiger partial charge in [-0.15, -0.1) is 0 Å². The highest BCUT2D eigenvalue weighted by atomic mass is 32.2. The number of rotatable bonds is 5. The van der Waals surface area contributed by atoms with Gasteiger partial charge in [0.05, 0.1) is 24.5 Å². The zero-order chi connectivity index (χ0) is 18.8. The number of morpholine rings is 1. The molecular formula is C19H23FN2O3S. The van der Waals surface area contributed by atoms with Crippen molar-refractivity contribution in [2.24, 2.45) is 0 Å². The topological polar surface area (TPSA) is 58.6 Å². The van der Waals surface area contributed by atoms with Crippen molar-refractivity contribution < 1.29 is 17.5 Å². The van der Waals surface area contributed by atoms with Crippen LogP contribution in [0.3, 0.4) is 0 Å². The lowest BCUT2D eigenvalue weighted by Gasteiger charge is -2.43. The highest BCUT2D eigenvalue weighted by Gasteiger charge is 2.30. The van der Waals surface area contributed by atoms with E-state index in [4.69, 9.17) is 4.74 Å². The molecule has 1 aliphatic rings. The van der Waals surface area contributed by atoms with Crippen molar-refractivity contribution in [3.8, 4) is 0 Å². The lowest BCUT2D eigenvalue weighted by atomic mass is 10.0. The second-order valence-electron chi connectivity index (χ2n) is 7.05. The van der Waals surface area contributed by atoms with E-state index in [2.05, 4.69) is 23.5 Å². The number of halogens is 1. The lowest BCUT2D eigenvalue weighted by molar-refractivity contribution is 0.0644. The van der Waals surface area contributed by atoms with Gasteiger partial charge in [-0.3, -0.25) is 4.72 Å². The van der Waals surface area contributed by atoms with Crippen LogP contribution in [0, 0.1) is 5.82 Å². The van der Waals surface area contributed by atoms with Gasteiger partial charge in [0.2, 0.25) is 10.0 Å². The van der Waals surface area contributed by atoms with E-state index in [0.29, 0.717) is 24.5 Å². The summed E-state index contributed by atoms with van der Waals surface area (Å²) in [4.78, 5) is 2.26. The highest BCUT2D eigenvalue weighted by Crippen LogP contribution is 2.28. The van der Waals surface area contributed by atoms with Crippen LogP contribution >= 0.6 is 0 Å². The van der Waals surface area contributed by atoms with Gasteiger partial charge in [-0.25, -0.2) is 12.8 Å². The summed E-state index contributed by atoms with van der Waals surface area (Å²) in [6.07, 6.45) is 0. The first kappa shape index (κ1) is 18.7. The van der Waals surface area contributed by atoms with Crippen molar-refractivity contribution in [1.82, 2.24) is 0 Å². The van der Waals surface area contributed by atoms with E-state index in [1.54, 1.807) is 12.1 Å². The maximum absolute atomic E-state index is 12.9. The Morgan fingerprint density at radius 3 is 2.38 bits per heavy atom. The summed E-state index contributed by atoms with van der Waals surface area (Å²) in [5, 5.41) is 0. The zero-order valence-corrected chi connectivity index (χ0v) is 15.7. The maximum atomic E-state index is 12.9. The molecule has 0 unspecified atom stereocenters. The molecule has 1 saturated heterocycles. The van der Waals surface area contributed by atoms with E-state index >= 15 is 0 Å². The Bertz CT molecular complexity index is 849. The molecule has 140 valence electrons. The summed E-state index contributed by atoms with van der Waals surface area (Å²) in [7, 11) is -3.57. The summed E-state index contributed by atoms with van der Waals surface area (Å²) < 4.78 is 45.7. The SMILES string of the molecule is CC1(C)COCCN1c1ccc(NS(=O)(=O)Cc2ccc(F)cc2)cc1. The van der Waals surface area contributed by atoms with E-state index in [0.717, 1.165) is 12.2 Å². The van der Waals surface area contributed by atoms with Gasteiger partial charge in [0.15, 0.2) is 0 Å². The predicted octanol–water partition coefficient (Wildman–Crippen LogP) is 3.38. The third-order valence-electron chi connectivity index (χ3n) is 4.37. The van der Waals surface area contributed by atoms with Crippen molar-refractivity contribution in [1.29, 1.82) is 0 Å². The summed E-state index contributed by atoms with van der Waals surface area (Å²) in [5.41, 5.74) is 1.95. The molecule has 1 fully saturated rings. The standard InChI is InChI=1S/C19H23FN2O3S/c1-19(2)14-25-12-11-22(19)18-9-7-17(8-10-18)21-26(23,24)13-15-3-5-16(20)6-4-15/h3-10,21H,11-14H2,1-2H3. The van der Waals surface area contributed by atoms with Gasteiger partial charge in [-0.1, -0.05) is 12.1 Å². The number of hydrogen-bond acceptors (Lipinski definition) is 4. The zero-order valence-electron chi connectivity index (χ0n) is 14.9. The summed E-state index contributed by atoms with van der Waals surface area (Å²) in [5.74, 6) is -0.591. The van der Waals surface area contributed by atoms with Crippen LogP contribution in [0.25, 0.3) is 0 Å².